The molecule has 0 amide bonds. The van der Waals surface area contributed by atoms with E-state index in [0.717, 1.165) is 48.9 Å². The lowest BCUT2D eigenvalue weighted by Crippen LogP contribution is -2.54. The summed E-state index contributed by atoms with van der Waals surface area (Å²) in [6, 6.07) is 0. The highest BCUT2D eigenvalue weighted by Crippen LogP contribution is 2.69. The Balaban J connectivity index is 1.53. The van der Waals surface area contributed by atoms with Crippen molar-refractivity contribution in [2.75, 3.05) is 0 Å². The second-order valence-corrected chi connectivity index (χ2v) is 13.6. The van der Waals surface area contributed by atoms with Crippen molar-refractivity contribution >= 4 is 7.60 Å². The van der Waals surface area contributed by atoms with Gasteiger partial charge >= 0.3 is 7.60 Å². The maximum Gasteiger partial charge on any atom is 0.328 e. The van der Waals surface area contributed by atoms with Gasteiger partial charge in [0.25, 0.3) is 0 Å². The van der Waals surface area contributed by atoms with E-state index in [2.05, 4.69) is 27.7 Å². The van der Waals surface area contributed by atoms with E-state index in [9.17, 15) is 14.4 Å². The monoisotopic (exact) mass is 410 g/mol. The maximum atomic E-state index is 11.9. The fourth-order valence-corrected chi connectivity index (χ4v) is 10.2. The summed E-state index contributed by atoms with van der Waals surface area (Å²) in [4.78, 5) is 19.5. The third-order valence-electron chi connectivity index (χ3n) is 10.6. The van der Waals surface area contributed by atoms with E-state index in [-0.39, 0.29) is 5.66 Å². The Hall–Kier alpha value is 0.150. The van der Waals surface area contributed by atoms with Crippen LogP contribution in [0, 0.1) is 46.3 Å². The molecule has 0 aromatic rings. The summed E-state index contributed by atoms with van der Waals surface area (Å²) in [7, 11) is -3.93. The van der Waals surface area contributed by atoms with E-state index in [1.807, 2.05) is 0 Å². The topological polar surface area (TPSA) is 57.5 Å². The first kappa shape index (κ1) is 21.4. The van der Waals surface area contributed by atoms with Crippen LogP contribution in [0.5, 0.6) is 0 Å². The van der Waals surface area contributed by atoms with Crippen molar-refractivity contribution < 1.29 is 14.4 Å². The number of fused-ring (bicyclic) bond motifs is 5. The van der Waals surface area contributed by atoms with E-state index in [4.69, 9.17) is 0 Å². The van der Waals surface area contributed by atoms with Crippen molar-refractivity contribution in [3.05, 3.63) is 0 Å². The molecule has 0 heterocycles. The molecule has 2 unspecified atom stereocenters. The molecule has 9 atom stereocenters. The molecule has 4 aliphatic rings. The third-order valence-corrected chi connectivity index (χ3v) is 12.0. The molecule has 4 rings (SSSR count). The lowest BCUT2D eigenvalue weighted by molar-refractivity contribution is -0.114. The largest absolute Gasteiger partial charge is 0.328 e. The molecule has 0 aliphatic heterocycles. The lowest BCUT2D eigenvalue weighted by Gasteiger charge is -2.61. The summed E-state index contributed by atoms with van der Waals surface area (Å²) in [6.45, 7) is 9.98. The minimum absolute atomic E-state index is 0.322. The van der Waals surface area contributed by atoms with E-state index < -0.39 is 7.60 Å². The average molecular weight is 411 g/mol. The van der Waals surface area contributed by atoms with Gasteiger partial charge in [0.05, 0.1) is 5.66 Å². The van der Waals surface area contributed by atoms with Crippen molar-refractivity contribution in [3.8, 4) is 0 Å². The third kappa shape index (κ3) is 3.27. The van der Waals surface area contributed by atoms with E-state index >= 15 is 0 Å². The molecular formula is C24H43O3P. The minimum Gasteiger partial charge on any atom is -0.324 e. The summed E-state index contributed by atoms with van der Waals surface area (Å²) < 4.78 is 11.9. The van der Waals surface area contributed by atoms with E-state index in [0.29, 0.717) is 16.7 Å². The van der Waals surface area contributed by atoms with Gasteiger partial charge in [-0.2, -0.15) is 0 Å². The minimum atomic E-state index is -3.93. The van der Waals surface area contributed by atoms with Crippen LogP contribution in [-0.2, 0) is 4.57 Å². The first-order valence-electron chi connectivity index (χ1n) is 12.2. The van der Waals surface area contributed by atoms with Crippen LogP contribution < -0.4 is 0 Å². The van der Waals surface area contributed by atoms with Gasteiger partial charge in [-0.3, -0.25) is 4.57 Å². The molecule has 4 saturated carbocycles. The van der Waals surface area contributed by atoms with Gasteiger partial charge in [-0.05, 0) is 104 Å². The van der Waals surface area contributed by atoms with Crippen molar-refractivity contribution in [1.82, 2.24) is 0 Å². The molecule has 162 valence electrons. The highest BCUT2D eigenvalue weighted by Gasteiger charge is 2.61. The molecule has 4 fully saturated rings. The van der Waals surface area contributed by atoms with Crippen LogP contribution >= 0.6 is 7.60 Å². The highest BCUT2D eigenvalue weighted by molar-refractivity contribution is 7.52. The Morgan fingerprint density at radius 2 is 1.64 bits per heavy atom. The molecule has 0 radical (unpaired) electrons. The quantitative estimate of drug-likeness (QED) is 0.512. The van der Waals surface area contributed by atoms with E-state index in [1.54, 1.807) is 0 Å². The van der Waals surface area contributed by atoms with Crippen molar-refractivity contribution in [1.29, 1.82) is 0 Å². The van der Waals surface area contributed by atoms with Crippen LogP contribution in [0.2, 0.25) is 0 Å². The molecule has 0 spiro atoms. The van der Waals surface area contributed by atoms with Gasteiger partial charge in [-0.15, -0.1) is 0 Å². The van der Waals surface area contributed by atoms with Crippen LogP contribution in [0.15, 0.2) is 0 Å². The molecular weight excluding hydrogens is 367 g/mol. The fraction of sp³-hybridized carbons (Fsp3) is 1.00. The Labute approximate surface area is 172 Å². The van der Waals surface area contributed by atoms with Crippen molar-refractivity contribution in [3.63, 3.8) is 0 Å². The molecule has 2 N–H and O–H groups in total. The molecule has 4 heteroatoms. The Morgan fingerprint density at radius 3 is 2.32 bits per heavy atom. The van der Waals surface area contributed by atoms with Gasteiger partial charge in [0.15, 0.2) is 0 Å². The van der Waals surface area contributed by atoms with Crippen LogP contribution in [0.3, 0.4) is 0 Å². The highest BCUT2D eigenvalue weighted by atomic mass is 31.2. The predicted molar refractivity (Wildman–Crippen MR) is 115 cm³/mol. The summed E-state index contributed by atoms with van der Waals surface area (Å²) in [5.74, 6) is 4.86. The Kier molecular flexibility index (Phi) is 5.64. The molecule has 0 bridgehead atoms. The van der Waals surface area contributed by atoms with Gasteiger partial charge in [-0.1, -0.05) is 40.5 Å². The first-order valence-corrected chi connectivity index (χ1v) is 13.8. The van der Waals surface area contributed by atoms with Crippen molar-refractivity contribution in [2.24, 2.45) is 46.3 Å². The predicted octanol–water partition coefficient (Wildman–Crippen LogP) is 6.63. The second-order valence-electron chi connectivity index (χ2n) is 11.7. The lowest BCUT2D eigenvalue weighted by atomic mass is 9.44. The van der Waals surface area contributed by atoms with Gasteiger partial charge in [0, 0.05) is 0 Å². The molecule has 0 saturated heterocycles. The average Bonchev–Trinajstić information content (AvgIpc) is 2.97. The second kappa shape index (κ2) is 7.38. The molecule has 28 heavy (non-hydrogen) atoms. The SMILES string of the molecule is CCC[C@@H](C)[C@H]1CC[C@H]2[C@@H]3CCC4CC(P(=O)(O)O)CC[C@]4(C)[C@H]3CC[C@]12C. The zero-order valence-corrected chi connectivity index (χ0v) is 19.5. The normalized spacial score (nSPS) is 49.8. The zero-order chi connectivity index (χ0) is 20.3. The van der Waals surface area contributed by atoms with Gasteiger partial charge < -0.3 is 9.79 Å². The molecule has 3 nitrogen and oxygen atoms in total. The molecule has 0 aromatic heterocycles. The van der Waals surface area contributed by atoms with Crippen LogP contribution in [-0.4, -0.2) is 15.4 Å². The van der Waals surface area contributed by atoms with Crippen LogP contribution in [0.1, 0.15) is 98.3 Å². The van der Waals surface area contributed by atoms with E-state index in [1.165, 1.54) is 51.4 Å². The van der Waals surface area contributed by atoms with Gasteiger partial charge in [-0.25, -0.2) is 0 Å². The summed E-state index contributed by atoms with van der Waals surface area (Å²) in [5.41, 5.74) is 0.493. The van der Waals surface area contributed by atoms with Gasteiger partial charge in [0.1, 0.15) is 0 Å². The number of rotatable bonds is 4. The van der Waals surface area contributed by atoms with Crippen LogP contribution in [0.4, 0.5) is 0 Å². The number of hydrogen-bond acceptors (Lipinski definition) is 1. The van der Waals surface area contributed by atoms with Crippen LogP contribution in [0.25, 0.3) is 0 Å². The number of hydrogen-bond donors (Lipinski definition) is 2. The maximum absolute atomic E-state index is 11.9. The summed E-state index contributed by atoms with van der Waals surface area (Å²) in [6.07, 6.45) is 13.4. The molecule has 0 aromatic carbocycles. The fourth-order valence-electron chi connectivity index (χ4n) is 9.17. The smallest absolute Gasteiger partial charge is 0.324 e. The standard InChI is InChI=1S/C24H43O3P/c1-5-6-16(2)20-9-10-21-19-8-7-17-15-18(28(25,26)27)11-13-23(17,3)22(19)12-14-24(20,21)4/h16-22H,5-15H2,1-4H3,(H2,25,26,27)/t16-,17?,18?,19+,20-,21+,22+,23+,24-/m1/s1. The zero-order valence-electron chi connectivity index (χ0n) is 18.6. The molecule has 4 aliphatic carbocycles. The Bertz CT molecular complexity index is 629. The summed E-state index contributed by atoms with van der Waals surface area (Å²) >= 11 is 0. The first-order chi connectivity index (χ1) is 13.1. The summed E-state index contributed by atoms with van der Waals surface area (Å²) in [5, 5.41) is 0. The van der Waals surface area contributed by atoms with Crippen molar-refractivity contribution in [2.45, 2.75) is 104 Å². The van der Waals surface area contributed by atoms with Gasteiger partial charge in [0.2, 0.25) is 0 Å². The Morgan fingerprint density at radius 1 is 0.964 bits per heavy atom.